The van der Waals surface area contributed by atoms with Crippen molar-refractivity contribution in [2.75, 3.05) is 29.1 Å². The van der Waals surface area contributed by atoms with Crippen molar-refractivity contribution in [1.29, 1.82) is 0 Å². The lowest BCUT2D eigenvalue weighted by molar-refractivity contribution is 0.630. The van der Waals surface area contributed by atoms with Gasteiger partial charge in [0.05, 0.1) is 11.9 Å². The van der Waals surface area contributed by atoms with E-state index in [1.165, 1.54) is 17.9 Å². The summed E-state index contributed by atoms with van der Waals surface area (Å²) in [6.45, 7) is 3.07. The van der Waals surface area contributed by atoms with Gasteiger partial charge in [0.2, 0.25) is 0 Å². The molecule has 3 nitrogen and oxygen atoms in total. The Morgan fingerprint density at radius 3 is 3.20 bits per heavy atom. The van der Waals surface area contributed by atoms with E-state index in [2.05, 4.69) is 10.3 Å². The minimum atomic E-state index is 0.731. The highest BCUT2D eigenvalue weighted by molar-refractivity contribution is 7.99. The van der Waals surface area contributed by atoms with Gasteiger partial charge in [0, 0.05) is 6.54 Å². The Bertz CT molecular complexity index is 335. The number of pyridine rings is 1. The molecule has 1 aliphatic rings. The van der Waals surface area contributed by atoms with Crippen molar-refractivity contribution in [1.82, 2.24) is 4.98 Å². The van der Waals surface area contributed by atoms with Gasteiger partial charge in [-0.05, 0) is 42.4 Å². The number of aryl methyl sites for hydroxylation is 1. The third-order valence-corrected chi connectivity index (χ3v) is 3.91. The second-order valence-corrected chi connectivity index (χ2v) is 5.19. The first-order chi connectivity index (χ1) is 7.25. The maximum atomic E-state index is 5.65. The molecule has 4 heteroatoms. The fourth-order valence-electron chi connectivity index (χ4n) is 1.77. The van der Waals surface area contributed by atoms with Gasteiger partial charge < -0.3 is 11.1 Å². The molecular formula is C11H17N3S. The van der Waals surface area contributed by atoms with Crippen LogP contribution >= 0.6 is 11.8 Å². The molecule has 2 heterocycles. The highest BCUT2D eigenvalue weighted by Gasteiger charge is 2.15. The predicted molar refractivity (Wildman–Crippen MR) is 67.3 cm³/mol. The number of hydrogen-bond acceptors (Lipinski definition) is 4. The second-order valence-electron chi connectivity index (χ2n) is 4.04. The first-order valence-corrected chi connectivity index (χ1v) is 6.45. The van der Waals surface area contributed by atoms with Gasteiger partial charge in [0.1, 0.15) is 5.82 Å². The smallest absolute Gasteiger partial charge is 0.129 e. The maximum absolute atomic E-state index is 5.65. The predicted octanol–water partition coefficient (Wildman–Crippen LogP) is 2.14. The summed E-state index contributed by atoms with van der Waals surface area (Å²) in [5, 5.41) is 3.40. The molecular weight excluding hydrogens is 206 g/mol. The van der Waals surface area contributed by atoms with Crippen LogP contribution in [0.4, 0.5) is 11.5 Å². The van der Waals surface area contributed by atoms with Crippen LogP contribution in [0, 0.1) is 12.8 Å². The summed E-state index contributed by atoms with van der Waals surface area (Å²) in [5.41, 5.74) is 7.51. The van der Waals surface area contributed by atoms with Gasteiger partial charge in [-0.1, -0.05) is 0 Å². The maximum Gasteiger partial charge on any atom is 0.129 e. The van der Waals surface area contributed by atoms with Crippen molar-refractivity contribution in [3.05, 3.63) is 17.8 Å². The number of nitrogens with one attached hydrogen (secondary N) is 1. The quantitative estimate of drug-likeness (QED) is 0.824. The van der Waals surface area contributed by atoms with E-state index in [1.54, 1.807) is 6.20 Å². The minimum Gasteiger partial charge on any atom is -0.397 e. The highest BCUT2D eigenvalue weighted by Crippen LogP contribution is 2.24. The molecule has 82 valence electrons. The van der Waals surface area contributed by atoms with Crippen molar-refractivity contribution in [2.45, 2.75) is 13.3 Å². The van der Waals surface area contributed by atoms with E-state index >= 15 is 0 Å². The van der Waals surface area contributed by atoms with Crippen LogP contribution < -0.4 is 11.1 Å². The number of anilines is 2. The zero-order valence-corrected chi connectivity index (χ0v) is 9.81. The van der Waals surface area contributed by atoms with Crippen LogP contribution in [-0.4, -0.2) is 23.0 Å². The fourth-order valence-corrected chi connectivity index (χ4v) is 3.05. The summed E-state index contributed by atoms with van der Waals surface area (Å²) >= 11 is 2.04. The number of aromatic nitrogens is 1. The van der Waals surface area contributed by atoms with Crippen LogP contribution in [0.1, 0.15) is 12.0 Å². The van der Waals surface area contributed by atoms with E-state index in [4.69, 9.17) is 5.73 Å². The summed E-state index contributed by atoms with van der Waals surface area (Å²) < 4.78 is 0. The van der Waals surface area contributed by atoms with E-state index in [9.17, 15) is 0 Å². The Morgan fingerprint density at radius 1 is 1.67 bits per heavy atom. The second kappa shape index (κ2) is 4.75. The summed E-state index contributed by atoms with van der Waals surface area (Å²) in [5.74, 6) is 4.36. The molecule has 0 aromatic carbocycles. The van der Waals surface area contributed by atoms with Crippen molar-refractivity contribution in [2.24, 2.45) is 5.92 Å². The Balaban J connectivity index is 1.92. The minimum absolute atomic E-state index is 0.731. The molecule has 0 amide bonds. The SMILES string of the molecule is Cc1cc(N)cnc1NCC1CCSC1. The van der Waals surface area contributed by atoms with E-state index in [-0.39, 0.29) is 0 Å². The van der Waals surface area contributed by atoms with E-state index in [0.29, 0.717) is 0 Å². The molecule has 0 bridgehead atoms. The van der Waals surface area contributed by atoms with E-state index in [0.717, 1.165) is 29.5 Å². The molecule has 1 aliphatic heterocycles. The number of hydrogen-bond donors (Lipinski definition) is 2. The summed E-state index contributed by atoms with van der Waals surface area (Å²) in [6.07, 6.45) is 3.03. The monoisotopic (exact) mass is 223 g/mol. The van der Waals surface area contributed by atoms with Crippen LogP contribution in [0.15, 0.2) is 12.3 Å². The van der Waals surface area contributed by atoms with Crippen LogP contribution in [0.2, 0.25) is 0 Å². The lowest BCUT2D eigenvalue weighted by Gasteiger charge is -2.12. The first kappa shape index (κ1) is 10.6. The van der Waals surface area contributed by atoms with Crippen molar-refractivity contribution < 1.29 is 0 Å². The molecule has 3 N–H and O–H groups in total. The first-order valence-electron chi connectivity index (χ1n) is 5.29. The van der Waals surface area contributed by atoms with Crippen molar-refractivity contribution in [3.8, 4) is 0 Å². The van der Waals surface area contributed by atoms with Gasteiger partial charge >= 0.3 is 0 Å². The molecule has 0 spiro atoms. The average molecular weight is 223 g/mol. The number of nitrogens with zero attached hydrogens (tertiary/aromatic N) is 1. The molecule has 2 rings (SSSR count). The fraction of sp³-hybridized carbons (Fsp3) is 0.545. The third-order valence-electron chi connectivity index (χ3n) is 2.68. The summed E-state index contributed by atoms with van der Waals surface area (Å²) in [7, 11) is 0. The molecule has 0 radical (unpaired) electrons. The number of rotatable bonds is 3. The number of nitrogen functional groups attached to an aromatic ring is 1. The zero-order chi connectivity index (χ0) is 10.7. The number of thioether (sulfide) groups is 1. The summed E-state index contributed by atoms with van der Waals surface area (Å²) in [4.78, 5) is 4.30. The van der Waals surface area contributed by atoms with Crippen LogP contribution in [-0.2, 0) is 0 Å². The Kier molecular flexibility index (Phi) is 3.36. The Hall–Kier alpha value is -0.900. The van der Waals surface area contributed by atoms with Gasteiger partial charge in [-0.25, -0.2) is 4.98 Å². The number of nitrogens with two attached hydrogens (primary N) is 1. The molecule has 0 aliphatic carbocycles. The largest absolute Gasteiger partial charge is 0.397 e. The molecule has 1 saturated heterocycles. The molecule has 1 atom stereocenters. The molecule has 15 heavy (non-hydrogen) atoms. The topological polar surface area (TPSA) is 50.9 Å². The van der Waals surface area contributed by atoms with Crippen LogP contribution in [0.5, 0.6) is 0 Å². The van der Waals surface area contributed by atoms with E-state index in [1.807, 2.05) is 24.8 Å². The van der Waals surface area contributed by atoms with Gasteiger partial charge in [0.25, 0.3) is 0 Å². The standard InChI is InChI=1S/C11H17N3S/c1-8-4-10(12)6-14-11(8)13-5-9-2-3-15-7-9/h4,6,9H,2-3,5,7,12H2,1H3,(H,13,14). The summed E-state index contributed by atoms with van der Waals surface area (Å²) in [6, 6.07) is 1.96. The molecule has 1 aromatic heterocycles. The Morgan fingerprint density at radius 2 is 2.53 bits per heavy atom. The van der Waals surface area contributed by atoms with Gasteiger partial charge in [-0.3, -0.25) is 0 Å². The van der Waals surface area contributed by atoms with Gasteiger partial charge in [-0.2, -0.15) is 11.8 Å². The molecule has 1 fully saturated rings. The highest BCUT2D eigenvalue weighted by atomic mass is 32.2. The normalized spacial score (nSPS) is 20.5. The molecule has 0 saturated carbocycles. The average Bonchev–Trinajstić information content (AvgIpc) is 2.69. The zero-order valence-electron chi connectivity index (χ0n) is 8.99. The lowest BCUT2D eigenvalue weighted by atomic mass is 10.1. The molecule has 1 aromatic rings. The van der Waals surface area contributed by atoms with E-state index < -0.39 is 0 Å². The van der Waals surface area contributed by atoms with Crippen molar-refractivity contribution in [3.63, 3.8) is 0 Å². The third kappa shape index (κ3) is 2.78. The molecule has 1 unspecified atom stereocenters. The van der Waals surface area contributed by atoms with Gasteiger partial charge in [-0.15, -0.1) is 0 Å². The lowest BCUT2D eigenvalue weighted by Crippen LogP contribution is -2.15. The van der Waals surface area contributed by atoms with Crippen molar-refractivity contribution >= 4 is 23.3 Å². The van der Waals surface area contributed by atoms with Crippen LogP contribution in [0.25, 0.3) is 0 Å². The van der Waals surface area contributed by atoms with Gasteiger partial charge in [0.15, 0.2) is 0 Å². The Labute approximate surface area is 94.8 Å². The van der Waals surface area contributed by atoms with Crippen LogP contribution in [0.3, 0.4) is 0 Å².